The summed E-state index contributed by atoms with van der Waals surface area (Å²) in [7, 11) is 0. The second kappa shape index (κ2) is 7.68. The van der Waals surface area contributed by atoms with Crippen LogP contribution in [0.15, 0.2) is 35.5 Å². The van der Waals surface area contributed by atoms with E-state index in [4.69, 9.17) is 9.94 Å². The van der Waals surface area contributed by atoms with Gasteiger partial charge < -0.3 is 9.94 Å². The lowest BCUT2D eigenvalue weighted by Gasteiger charge is -2.27. The quantitative estimate of drug-likeness (QED) is 0.584. The van der Waals surface area contributed by atoms with E-state index in [1.165, 1.54) is 5.56 Å². The third-order valence-corrected chi connectivity index (χ3v) is 3.85. The largest absolute Gasteiger partial charge is 0.479 e. The molecule has 0 fully saturated rings. The van der Waals surface area contributed by atoms with E-state index in [2.05, 4.69) is 31.1 Å². The first-order chi connectivity index (χ1) is 9.48. The van der Waals surface area contributed by atoms with Crippen molar-refractivity contribution >= 4 is 11.7 Å². The molecule has 0 aromatic heterocycles. The molecule has 0 heterocycles. The van der Waals surface area contributed by atoms with Gasteiger partial charge in [-0.3, -0.25) is 0 Å². The number of aliphatic carboxylic acids is 1. The molecule has 0 aliphatic heterocycles. The summed E-state index contributed by atoms with van der Waals surface area (Å²) in [6, 6.07) is 10.3. The van der Waals surface area contributed by atoms with E-state index in [-0.39, 0.29) is 5.41 Å². The average Bonchev–Trinajstić information content (AvgIpc) is 2.45. The first-order valence-electron chi connectivity index (χ1n) is 6.90. The van der Waals surface area contributed by atoms with E-state index in [9.17, 15) is 4.79 Å². The van der Waals surface area contributed by atoms with Gasteiger partial charge in [-0.1, -0.05) is 49.3 Å². The molecule has 0 saturated heterocycles. The van der Waals surface area contributed by atoms with Crippen molar-refractivity contribution in [3.05, 3.63) is 35.9 Å². The van der Waals surface area contributed by atoms with Crippen molar-refractivity contribution in [2.45, 2.75) is 40.0 Å². The summed E-state index contributed by atoms with van der Waals surface area (Å²) >= 11 is 0. The highest BCUT2D eigenvalue weighted by Crippen LogP contribution is 2.29. The number of aryl methyl sites for hydroxylation is 1. The van der Waals surface area contributed by atoms with Gasteiger partial charge in [0.15, 0.2) is 0 Å². The number of hydrogen-bond donors (Lipinski definition) is 1. The van der Waals surface area contributed by atoms with Gasteiger partial charge in [-0.15, -0.1) is 0 Å². The van der Waals surface area contributed by atoms with Crippen LogP contribution in [-0.2, 0) is 16.1 Å². The van der Waals surface area contributed by atoms with Crippen molar-refractivity contribution in [2.75, 3.05) is 6.61 Å². The minimum Gasteiger partial charge on any atom is -0.479 e. The van der Waals surface area contributed by atoms with Gasteiger partial charge in [-0.2, -0.15) is 0 Å². The van der Waals surface area contributed by atoms with Gasteiger partial charge >= 0.3 is 5.97 Å². The molecule has 4 heteroatoms. The highest BCUT2D eigenvalue weighted by Gasteiger charge is 2.26. The number of carbonyl (C=O) groups is 1. The van der Waals surface area contributed by atoms with Crippen molar-refractivity contribution in [1.82, 2.24) is 0 Å². The molecule has 1 aromatic carbocycles. The lowest BCUT2D eigenvalue weighted by molar-refractivity contribution is -0.142. The Hall–Kier alpha value is -1.84. The molecule has 1 N–H and O–H groups in total. The number of rotatable bonds is 8. The Bertz CT molecular complexity index is 456. The van der Waals surface area contributed by atoms with Crippen LogP contribution in [0.1, 0.15) is 39.2 Å². The Labute approximate surface area is 120 Å². The van der Waals surface area contributed by atoms with Crippen LogP contribution >= 0.6 is 0 Å². The zero-order chi connectivity index (χ0) is 15.0. The fraction of sp³-hybridized carbons (Fsp3) is 0.500. The molecule has 1 unspecified atom stereocenters. The van der Waals surface area contributed by atoms with Crippen LogP contribution in [0.2, 0.25) is 0 Å². The Balaban J connectivity index is 2.63. The standard InChI is InChI=1S/C16H23NO3/c1-4-16(3,13(2)17-20-12-15(18)19)11-10-14-8-6-5-7-9-14/h5-9H,4,10-12H2,1-3H3,(H,18,19)/b17-13+. The summed E-state index contributed by atoms with van der Waals surface area (Å²) in [6.07, 6.45) is 2.86. The summed E-state index contributed by atoms with van der Waals surface area (Å²) in [4.78, 5) is 15.3. The van der Waals surface area contributed by atoms with E-state index in [0.717, 1.165) is 25.0 Å². The monoisotopic (exact) mass is 277 g/mol. The molecule has 1 rings (SSSR count). The van der Waals surface area contributed by atoms with E-state index < -0.39 is 12.6 Å². The summed E-state index contributed by atoms with van der Waals surface area (Å²) in [6.45, 7) is 5.76. The van der Waals surface area contributed by atoms with Crippen molar-refractivity contribution in [3.8, 4) is 0 Å². The van der Waals surface area contributed by atoms with Crippen LogP contribution in [0.4, 0.5) is 0 Å². The topological polar surface area (TPSA) is 58.9 Å². The van der Waals surface area contributed by atoms with Crippen LogP contribution in [-0.4, -0.2) is 23.4 Å². The van der Waals surface area contributed by atoms with E-state index >= 15 is 0 Å². The first kappa shape index (κ1) is 16.2. The zero-order valence-corrected chi connectivity index (χ0v) is 12.4. The van der Waals surface area contributed by atoms with Gasteiger partial charge in [-0.05, 0) is 31.7 Å². The fourth-order valence-electron chi connectivity index (χ4n) is 1.97. The normalized spacial score (nSPS) is 14.7. The third-order valence-electron chi connectivity index (χ3n) is 3.85. The molecule has 110 valence electrons. The first-order valence-corrected chi connectivity index (χ1v) is 6.90. The van der Waals surface area contributed by atoms with Crippen molar-refractivity contribution in [3.63, 3.8) is 0 Å². The molecular weight excluding hydrogens is 254 g/mol. The van der Waals surface area contributed by atoms with E-state index in [1.807, 2.05) is 25.1 Å². The average molecular weight is 277 g/mol. The number of carboxylic acid groups (broad SMARTS) is 1. The minimum absolute atomic E-state index is 0.0751. The smallest absolute Gasteiger partial charge is 0.344 e. The van der Waals surface area contributed by atoms with E-state index in [1.54, 1.807) is 0 Å². The number of carboxylic acids is 1. The van der Waals surface area contributed by atoms with Crippen LogP contribution < -0.4 is 0 Å². The van der Waals surface area contributed by atoms with E-state index in [0.29, 0.717) is 0 Å². The Morgan fingerprint density at radius 1 is 1.35 bits per heavy atom. The fourth-order valence-corrected chi connectivity index (χ4v) is 1.97. The van der Waals surface area contributed by atoms with Gasteiger partial charge in [0.25, 0.3) is 0 Å². The Morgan fingerprint density at radius 2 is 2.00 bits per heavy atom. The predicted molar refractivity (Wildman–Crippen MR) is 79.9 cm³/mol. The van der Waals surface area contributed by atoms with Gasteiger partial charge in [0.05, 0.1) is 5.71 Å². The molecule has 1 atom stereocenters. The molecule has 0 aliphatic rings. The molecule has 20 heavy (non-hydrogen) atoms. The molecule has 4 nitrogen and oxygen atoms in total. The van der Waals surface area contributed by atoms with Crippen molar-refractivity contribution in [1.29, 1.82) is 0 Å². The highest BCUT2D eigenvalue weighted by molar-refractivity contribution is 5.87. The summed E-state index contributed by atoms with van der Waals surface area (Å²) < 4.78 is 0. The molecular formula is C16H23NO3. The Morgan fingerprint density at radius 3 is 2.55 bits per heavy atom. The molecule has 0 bridgehead atoms. The number of benzene rings is 1. The summed E-state index contributed by atoms with van der Waals surface area (Å²) in [5.74, 6) is -1.01. The summed E-state index contributed by atoms with van der Waals surface area (Å²) in [5.41, 5.74) is 2.07. The van der Waals surface area contributed by atoms with Crippen LogP contribution in [0.3, 0.4) is 0 Å². The van der Waals surface area contributed by atoms with Crippen LogP contribution in [0.25, 0.3) is 0 Å². The number of nitrogens with zero attached hydrogens (tertiary/aromatic N) is 1. The number of hydrogen-bond acceptors (Lipinski definition) is 3. The predicted octanol–water partition coefficient (Wildman–Crippen LogP) is 3.51. The Kier molecular flexibility index (Phi) is 6.22. The molecule has 0 aliphatic carbocycles. The maximum Gasteiger partial charge on any atom is 0.344 e. The van der Waals surface area contributed by atoms with Gasteiger partial charge in [0.2, 0.25) is 6.61 Å². The zero-order valence-electron chi connectivity index (χ0n) is 12.4. The SMILES string of the molecule is CCC(C)(CCc1ccccc1)/C(C)=N/OCC(=O)O. The molecule has 0 radical (unpaired) electrons. The second-order valence-electron chi connectivity index (χ2n) is 5.24. The minimum atomic E-state index is -1.01. The number of oxime groups is 1. The molecule has 1 aromatic rings. The lowest BCUT2D eigenvalue weighted by Crippen LogP contribution is -2.26. The highest BCUT2D eigenvalue weighted by atomic mass is 16.6. The van der Waals surface area contributed by atoms with Crippen molar-refractivity contribution < 1.29 is 14.7 Å². The third kappa shape index (κ3) is 5.03. The molecule has 0 saturated carbocycles. The lowest BCUT2D eigenvalue weighted by atomic mass is 9.78. The second-order valence-corrected chi connectivity index (χ2v) is 5.24. The van der Waals surface area contributed by atoms with Gasteiger partial charge in [0, 0.05) is 5.41 Å². The maximum absolute atomic E-state index is 10.4. The van der Waals surface area contributed by atoms with Gasteiger partial charge in [-0.25, -0.2) is 4.79 Å². The van der Waals surface area contributed by atoms with Gasteiger partial charge in [0.1, 0.15) is 0 Å². The van der Waals surface area contributed by atoms with Crippen LogP contribution in [0.5, 0.6) is 0 Å². The molecule has 0 spiro atoms. The maximum atomic E-state index is 10.4. The molecule has 0 amide bonds. The van der Waals surface area contributed by atoms with Crippen LogP contribution in [0, 0.1) is 5.41 Å². The van der Waals surface area contributed by atoms with Crippen molar-refractivity contribution in [2.24, 2.45) is 10.6 Å². The summed E-state index contributed by atoms with van der Waals surface area (Å²) in [5, 5.41) is 12.5.